The second-order valence-corrected chi connectivity index (χ2v) is 4.64. The molecule has 4 nitrogen and oxygen atoms in total. The Kier molecular flexibility index (Phi) is 3.63. The van der Waals surface area contributed by atoms with Crippen molar-refractivity contribution in [2.24, 2.45) is 5.73 Å². The second-order valence-electron chi connectivity index (χ2n) is 4.23. The van der Waals surface area contributed by atoms with Crippen molar-refractivity contribution in [2.75, 3.05) is 0 Å². The average Bonchev–Trinajstić information content (AvgIpc) is 2.80. The molecule has 6 heteroatoms. The van der Waals surface area contributed by atoms with E-state index in [-0.39, 0.29) is 34.8 Å². The summed E-state index contributed by atoms with van der Waals surface area (Å²) in [6.07, 6.45) is 0. The van der Waals surface area contributed by atoms with Crippen molar-refractivity contribution in [1.82, 2.24) is 10.1 Å². The van der Waals surface area contributed by atoms with E-state index < -0.39 is 5.82 Å². The van der Waals surface area contributed by atoms with Crippen LogP contribution in [0.25, 0.3) is 11.4 Å². The highest BCUT2D eigenvalue weighted by Gasteiger charge is 2.17. The van der Waals surface area contributed by atoms with Gasteiger partial charge in [-0.25, -0.2) is 4.39 Å². The Morgan fingerprint density at radius 3 is 2.72 bits per heavy atom. The van der Waals surface area contributed by atoms with Crippen LogP contribution >= 0.6 is 11.6 Å². The van der Waals surface area contributed by atoms with Crippen molar-refractivity contribution in [3.05, 3.63) is 34.4 Å². The van der Waals surface area contributed by atoms with E-state index in [4.69, 9.17) is 21.9 Å². The molecule has 1 heterocycles. The number of nitrogens with two attached hydrogens (primary N) is 1. The first-order chi connectivity index (χ1) is 8.52. The van der Waals surface area contributed by atoms with Crippen molar-refractivity contribution in [2.45, 2.75) is 26.3 Å². The van der Waals surface area contributed by atoms with E-state index >= 15 is 0 Å². The van der Waals surface area contributed by atoms with Crippen molar-refractivity contribution in [1.29, 1.82) is 0 Å². The van der Waals surface area contributed by atoms with Gasteiger partial charge in [-0.2, -0.15) is 4.98 Å². The van der Waals surface area contributed by atoms with Gasteiger partial charge in [0.15, 0.2) is 5.82 Å². The second kappa shape index (κ2) is 5.04. The molecule has 0 unspecified atom stereocenters. The fourth-order valence-corrected chi connectivity index (χ4v) is 1.78. The SMILES string of the molecule is CC(C)c1cc(Cl)c(F)c(-c2noc(CN)n2)c1. The Hall–Kier alpha value is -1.46. The smallest absolute Gasteiger partial charge is 0.240 e. The van der Waals surface area contributed by atoms with Gasteiger partial charge in [0.1, 0.15) is 0 Å². The van der Waals surface area contributed by atoms with E-state index in [1.54, 1.807) is 12.1 Å². The summed E-state index contributed by atoms with van der Waals surface area (Å²) in [7, 11) is 0. The van der Waals surface area contributed by atoms with E-state index in [1.165, 1.54) is 0 Å². The summed E-state index contributed by atoms with van der Waals surface area (Å²) in [4.78, 5) is 4.00. The molecule has 1 aromatic carbocycles. The largest absolute Gasteiger partial charge is 0.338 e. The molecule has 18 heavy (non-hydrogen) atoms. The van der Waals surface area contributed by atoms with Crippen LogP contribution in [0.4, 0.5) is 4.39 Å². The molecule has 2 aromatic rings. The fraction of sp³-hybridized carbons (Fsp3) is 0.333. The molecular weight excluding hydrogens is 257 g/mol. The molecule has 0 aliphatic carbocycles. The predicted molar refractivity (Wildman–Crippen MR) is 66.7 cm³/mol. The van der Waals surface area contributed by atoms with Gasteiger partial charge in [-0.3, -0.25) is 0 Å². The first kappa shape index (κ1) is 13.0. The molecule has 0 atom stereocenters. The molecule has 0 bridgehead atoms. The lowest BCUT2D eigenvalue weighted by Crippen LogP contribution is -1.97. The van der Waals surface area contributed by atoms with Crippen LogP contribution in [0.3, 0.4) is 0 Å². The zero-order chi connectivity index (χ0) is 13.3. The van der Waals surface area contributed by atoms with Gasteiger partial charge in [0, 0.05) is 0 Å². The van der Waals surface area contributed by atoms with E-state index in [0.29, 0.717) is 0 Å². The highest BCUT2D eigenvalue weighted by molar-refractivity contribution is 6.31. The maximum atomic E-state index is 14.0. The van der Waals surface area contributed by atoms with Crippen LogP contribution < -0.4 is 5.73 Å². The van der Waals surface area contributed by atoms with Crippen LogP contribution in [0.1, 0.15) is 31.2 Å². The molecule has 0 saturated carbocycles. The molecule has 0 radical (unpaired) electrons. The van der Waals surface area contributed by atoms with E-state index in [0.717, 1.165) is 5.56 Å². The Morgan fingerprint density at radius 2 is 2.17 bits per heavy atom. The number of nitrogens with zero attached hydrogens (tertiary/aromatic N) is 2. The molecule has 0 saturated heterocycles. The minimum atomic E-state index is -0.551. The van der Waals surface area contributed by atoms with Gasteiger partial charge in [0.25, 0.3) is 0 Å². The zero-order valence-electron chi connectivity index (χ0n) is 10.1. The zero-order valence-corrected chi connectivity index (χ0v) is 10.8. The van der Waals surface area contributed by atoms with Gasteiger partial charge in [0.2, 0.25) is 11.7 Å². The Morgan fingerprint density at radius 1 is 1.44 bits per heavy atom. The van der Waals surface area contributed by atoms with Crippen molar-refractivity contribution in [3.63, 3.8) is 0 Å². The maximum Gasteiger partial charge on any atom is 0.240 e. The van der Waals surface area contributed by atoms with Crippen molar-refractivity contribution >= 4 is 11.6 Å². The number of hydrogen-bond acceptors (Lipinski definition) is 4. The van der Waals surface area contributed by atoms with Crippen molar-refractivity contribution in [3.8, 4) is 11.4 Å². The first-order valence-corrected chi connectivity index (χ1v) is 5.92. The van der Waals surface area contributed by atoms with Crippen LogP contribution in [-0.2, 0) is 6.54 Å². The summed E-state index contributed by atoms with van der Waals surface area (Å²) < 4.78 is 18.8. The van der Waals surface area contributed by atoms with Gasteiger partial charge in [-0.15, -0.1) is 0 Å². The summed E-state index contributed by atoms with van der Waals surface area (Å²) in [5.74, 6) is 0.0981. The lowest BCUT2D eigenvalue weighted by Gasteiger charge is -2.08. The maximum absolute atomic E-state index is 14.0. The number of halogens is 2. The number of rotatable bonds is 3. The number of hydrogen-bond donors (Lipinski definition) is 1. The van der Waals surface area contributed by atoms with Crippen LogP contribution in [0, 0.1) is 5.82 Å². The van der Waals surface area contributed by atoms with Gasteiger partial charge >= 0.3 is 0 Å². The summed E-state index contributed by atoms with van der Waals surface area (Å²) in [6, 6.07) is 3.28. The molecule has 0 amide bonds. The third kappa shape index (κ3) is 2.37. The standard InChI is InChI=1S/C12H13ClFN3O/c1-6(2)7-3-8(11(14)9(13)4-7)12-16-10(5-15)18-17-12/h3-4,6H,5,15H2,1-2H3. The molecule has 0 aliphatic rings. The van der Waals surface area contributed by atoms with Crippen LogP contribution in [0.5, 0.6) is 0 Å². The predicted octanol–water partition coefficient (Wildman–Crippen LogP) is 3.11. The summed E-state index contributed by atoms with van der Waals surface area (Å²) in [6.45, 7) is 4.11. The van der Waals surface area contributed by atoms with Crippen molar-refractivity contribution < 1.29 is 8.91 Å². The van der Waals surface area contributed by atoms with Gasteiger partial charge in [-0.1, -0.05) is 30.6 Å². The van der Waals surface area contributed by atoms with Crippen LogP contribution in [0.15, 0.2) is 16.7 Å². The number of aromatic nitrogens is 2. The summed E-state index contributed by atoms with van der Waals surface area (Å²) in [5, 5.41) is 3.75. The van der Waals surface area contributed by atoms with Gasteiger partial charge in [0.05, 0.1) is 17.1 Å². The first-order valence-electron chi connectivity index (χ1n) is 5.55. The molecular formula is C12H13ClFN3O. The highest BCUT2D eigenvalue weighted by atomic mass is 35.5. The lowest BCUT2D eigenvalue weighted by atomic mass is 10.0. The summed E-state index contributed by atoms with van der Waals surface area (Å²) >= 11 is 5.87. The fourth-order valence-electron chi connectivity index (χ4n) is 1.55. The van der Waals surface area contributed by atoms with E-state index in [2.05, 4.69) is 10.1 Å². The Bertz CT molecular complexity index is 568. The third-order valence-electron chi connectivity index (χ3n) is 2.60. The highest BCUT2D eigenvalue weighted by Crippen LogP contribution is 2.30. The topological polar surface area (TPSA) is 64.9 Å². The molecule has 2 N–H and O–H groups in total. The van der Waals surface area contributed by atoms with Crippen LogP contribution in [-0.4, -0.2) is 10.1 Å². The third-order valence-corrected chi connectivity index (χ3v) is 2.88. The Labute approximate surface area is 109 Å². The quantitative estimate of drug-likeness (QED) is 0.930. The Balaban J connectivity index is 2.55. The minimum absolute atomic E-state index is 0.0512. The van der Waals surface area contributed by atoms with Gasteiger partial charge in [-0.05, 0) is 23.6 Å². The van der Waals surface area contributed by atoms with E-state index in [9.17, 15) is 4.39 Å². The molecule has 0 spiro atoms. The monoisotopic (exact) mass is 269 g/mol. The average molecular weight is 270 g/mol. The van der Waals surface area contributed by atoms with Crippen LogP contribution in [0.2, 0.25) is 5.02 Å². The molecule has 1 aromatic heterocycles. The number of benzene rings is 1. The molecule has 96 valence electrons. The summed E-state index contributed by atoms with van der Waals surface area (Å²) in [5.41, 5.74) is 6.51. The normalized spacial score (nSPS) is 11.2. The van der Waals surface area contributed by atoms with Gasteiger partial charge < -0.3 is 10.3 Å². The minimum Gasteiger partial charge on any atom is -0.338 e. The lowest BCUT2D eigenvalue weighted by molar-refractivity contribution is 0.380. The van der Waals surface area contributed by atoms with E-state index in [1.807, 2.05) is 13.8 Å². The molecule has 0 aliphatic heterocycles. The molecule has 0 fully saturated rings. The molecule has 2 rings (SSSR count).